The maximum atomic E-state index is 12.9. The normalized spacial score (nSPS) is 27.3. The van der Waals surface area contributed by atoms with Crippen LogP contribution in [-0.2, 0) is 19.6 Å². The number of esters is 1. The molecule has 1 saturated heterocycles. The first-order chi connectivity index (χ1) is 12.8. The van der Waals surface area contributed by atoms with Crippen LogP contribution in [0.25, 0.3) is 0 Å². The van der Waals surface area contributed by atoms with E-state index in [0.717, 1.165) is 19.3 Å². The number of Topliss-reactive ketones (excluding diaryl/α,β-unsaturated/α-hetero) is 1. The summed E-state index contributed by atoms with van der Waals surface area (Å²) in [5, 5.41) is 0. The monoisotopic (exact) mass is 393 g/mol. The van der Waals surface area contributed by atoms with E-state index in [1.165, 1.54) is 28.6 Å². The van der Waals surface area contributed by atoms with Gasteiger partial charge in [-0.3, -0.25) is 4.79 Å². The van der Waals surface area contributed by atoms with E-state index in [9.17, 15) is 18.0 Å². The smallest absolute Gasteiger partial charge is 0.338 e. The van der Waals surface area contributed by atoms with Crippen molar-refractivity contribution in [1.29, 1.82) is 0 Å². The van der Waals surface area contributed by atoms with Crippen LogP contribution >= 0.6 is 0 Å². The quantitative estimate of drug-likeness (QED) is 0.735. The lowest BCUT2D eigenvalue weighted by Gasteiger charge is -2.34. The zero-order valence-corrected chi connectivity index (χ0v) is 16.7. The minimum Gasteiger partial charge on any atom is -0.451 e. The summed E-state index contributed by atoms with van der Waals surface area (Å²) in [5.74, 6) is 0.0261. The van der Waals surface area contributed by atoms with E-state index < -0.39 is 22.1 Å². The minimum atomic E-state index is -3.58. The Morgan fingerprint density at radius 1 is 1.07 bits per heavy atom. The molecule has 2 fully saturated rings. The zero-order valence-electron chi connectivity index (χ0n) is 15.9. The maximum absolute atomic E-state index is 12.9. The van der Waals surface area contributed by atoms with Crippen molar-refractivity contribution >= 4 is 21.8 Å². The predicted molar refractivity (Wildman–Crippen MR) is 101 cm³/mol. The molecule has 1 aromatic rings. The lowest BCUT2D eigenvalue weighted by molar-refractivity contribution is -0.129. The Hall–Kier alpha value is -1.73. The third-order valence-electron chi connectivity index (χ3n) is 5.31. The highest BCUT2D eigenvalue weighted by Gasteiger charge is 2.32. The number of hydrogen-bond donors (Lipinski definition) is 0. The lowest BCUT2D eigenvalue weighted by Crippen LogP contribution is -2.42. The third kappa shape index (κ3) is 4.58. The molecule has 3 unspecified atom stereocenters. The van der Waals surface area contributed by atoms with Gasteiger partial charge in [-0.1, -0.05) is 13.8 Å². The second-order valence-corrected chi connectivity index (χ2v) is 9.84. The van der Waals surface area contributed by atoms with Gasteiger partial charge in [0.1, 0.15) is 0 Å². The molecule has 1 aliphatic carbocycles. The topological polar surface area (TPSA) is 80.8 Å². The van der Waals surface area contributed by atoms with E-state index in [-0.39, 0.29) is 16.2 Å². The number of carbonyl (C=O) groups is 2. The number of piperidine rings is 1. The summed E-state index contributed by atoms with van der Waals surface area (Å²) in [5.41, 5.74) is 0.257. The van der Waals surface area contributed by atoms with Crippen molar-refractivity contribution in [3.63, 3.8) is 0 Å². The van der Waals surface area contributed by atoms with Gasteiger partial charge in [0.2, 0.25) is 10.0 Å². The Labute approximate surface area is 160 Å². The Morgan fingerprint density at radius 3 is 2.30 bits per heavy atom. The van der Waals surface area contributed by atoms with Crippen LogP contribution in [0.5, 0.6) is 0 Å². The van der Waals surface area contributed by atoms with E-state index in [1.54, 1.807) is 0 Å². The van der Waals surface area contributed by atoms with E-state index in [0.29, 0.717) is 37.8 Å². The SMILES string of the molecule is CC1CC(C)CN(S(=O)(=O)c2ccc(C(=O)OC3CCCCC3=O)cc2)C1. The minimum absolute atomic E-state index is 0.0397. The summed E-state index contributed by atoms with van der Waals surface area (Å²) in [4.78, 5) is 24.3. The number of carbonyl (C=O) groups excluding carboxylic acids is 2. The van der Waals surface area contributed by atoms with Crippen molar-refractivity contribution in [3.8, 4) is 0 Å². The lowest BCUT2D eigenvalue weighted by atomic mass is 9.94. The predicted octanol–water partition coefficient (Wildman–Crippen LogP) is 3.02. The first-order valence-electron chi connectivity index (χ1n) is 9.61. The van der Waals surface area contributed by atoms with Crippen molar-refractivity contribution in [3.05, 3.63) is 29.8 Å². The molecule has 7 heteroatoms. The summed E-state index contributed by atoms with van der Waals surface area (Å²) in [6, 6.07) is 5.80. The van der Waals surface area contributed by atoms with Crippen molar-refractivity contribution < 1.29 is 22.7 Å². The van der Waals surface area contributed by atoms with Crippen molar-refractivity contribution in [2.75, 3.05) is 13.1 Å². The second-order valence-electron chi connectivity index (χ2n) is 7.90. The highest BCUT2D eigenvalue weighted by Crippen LogP contribution is 2.27. The number of sulfonamides is 1. The molecule has 3 rings (SSSR count). The fourth-order valence-electron chi connectivity index (χ4n) is 3.99. The first kappa shape index (κ1) is 20.0. The highest BCUT2D eigenvalue weighted by atomic mass is 32.2. The molecule has 0 amide bonds. The van der Waals surface area contributed by atoms with Gasteiger partial charge in [0.15, 0.2) is 11.9 Å². The van der Waals surface area contributed by atoms with Crippen molar-refractivity contribution in [2.45, 2.75) is 57.0 Å². The maximum Gasteiger partial charge on any atom is 0.338 e. The molecule has 0 bridgehead atoms. The number of benzene rings is 1. The summed E-state index contributed by atoms with van der Waals surface area (Å²) in [6.45, 7) is 5.15. The van der Waals surface area contributed by atoms with Crippen LogP contribution in [0.1, 0.15) is 56.3 Å². The standard InChI is InChI=1S/C20H27NO5S/c1-14-11-15(2)13-21(12-14)27(24,25)17-9-7-16(8-10-17)20(23)26-19-6-4-3-5-18(19)22/h7-10,14-15,19H,3-6,11-13H2,1-2H3. The van der Waals surface area contributed by atoms with Gasteiger partial charge in [-0.15, -0.1) is 0 Å². The van der Waals surface area contributed by atoms with Crippen LogP contribution in [-0.4, -0.2) is 43.7 Å². The number of rotatable bonds is 4. The third-order valence-corrected chi connectivity index (χ3v) is 7.16. The summed E-state index contributed by atoms with van der Waals surface area (Å²) in [7, 11) is -3.58. The van der Waals surface area contributed by atoms with Gasteiger partial charge in [0.05, 0.1) is 10.5 Å². The van der Waals surface area contributed by atoms with Crippen LogP contribution in [0.4, 0.5) is 0 Å². The number of hydrogen-bond acceptors (Lipinski definition) is 5. The van der Waals surface area contributed by atoms with E-state index in [1.807, 2.05) is 0 Å². The van der Waals surface area contributed by atoms with Gasteiger partial charge in [-0.25, -0.2) is 13.2 Å². The van der Waals surface area contributed by atoms with E-state index >= 15 is 0 Å². The fraction of sp³-hybridized carbons (Fsp3) is 0.600. The molecular formula is C20H27NO5S. The Kier molecular flexibility index (Phi) is 6.01. The molecule has 2 aliphatic rings. The Balaban J connectivity index is 1.70. The molecule has 3 atom stereocenters. The zero-order chi connectivity index (χ0) is 19.6. The number of ketones is 1. The molecule has 1 saturated carbocycles. The van der Waals surface area contributed by atoms with Crippen LogP contribution in [0.3, 0.4) is 0 Å². The molecule has 1 aromatic carbocycles. The average molecular weight is 394 g/mol. The summed E-state index contributed by atoms with van der Waals surface area (Å²) in [6.07, 6.45) is 3.06. The Bertz CT molecular complexity index is 792. The van der Waals surface area contributed by atoms with Crippen LogP contribution in [0, 0.1) is 11.8 Å². The number of ether oxygens (including phenoxy) is 1. The second kappa shape index (κ2) is 8.10. The molecule has 27 heavy (non-hydrogen) atoms. The van der Waals surface area contributed by atoms with Gasteiger partial charge in [0, 0.05) is 19.5 Å². The van der Waals surface area contributed by atoms with Gasteiger partial charge >= 0.3 is 5.97 Å². The van der Waals surface area contributed by atoms with Gasteiger partial charge in [-0.2, -0.15) is 4.31 Å². The Morgan fingerprint density at radius 2 is 1.70 bits per heavy atom. The van der Waals surface area contributed by atoms with E-state index in [4.69, 9.17) is 4.74 Å². The van der Waals surface area contributed by atoms with Gasteiger partial charge < -0.3 is 4.74 Å². The largest absolute Gasteiger partial charge is 0.451 e. The molecule has 0 spiro atoms. The number of nitrogens with zero attached hydrogens (tertiary/aromatic N) is 1. The molecular weight excluding hydrogens is 366 g/mol. The molecule has 6 nitrogen and oxygen atoms in total. The summed E-state index contributed by atoms with van der Waals surface area (Å²) >= 11 is 0. The molecule has 0 aromatic heterocycles. The van der Waals surface area contributed by atoms with Crippen LogP contribution in [0.15, 0.2) is 29.2 Å². The van der Waals surface area contributed by atoms with Crippen molar-refractivity contribution in [1.82, 2.24) is 4.31 Å². The van der Waals surface area contributed by atoms with Gasteiger partial charge in [0.25, 0.3) is 0 Å². The molecule has 1 aliphatic heterocycles. The van der Waals surface area contributed by atoms with Crippen LogP contribution in [0.2, 0.25) is 0 Å². The van der Waals surface area contributed by atoms with Crippen LogP contribution < -0.4 is 0 Å². The summed E-state index contributed by atoms with van der Waals surface area (Å²) < 4.78 is 32.6. The van der Waals surface area contributed by atoms with E-state index in [2.05, 4.69) is 13.8 Å². The first-order valence-corrected chi connectivity index (χ1v) is 11.1. The molecule has 0 radical (unpaired) electrons. The average Bonchev–Trinajstić information content (AvgIpc) is 2.63. The van der Waals surface area contributed by atoms with Crippen molar-refractivity contribution in [2.24, 2.45) is 11.8 Å². The fourth-order valence-corrected chi connectivity index (χ4v) is 5.67. The highest BCUT2D eigenvalue weighted by molar-refractivity contribution is 7.89. The molecule has 1 heterocycles. The molecule has 148 valence electrons. The molecule has 0 N–H and O–H groups in total. The van der Waals surface area contributed by atoms with Gasteiger partial charge in [-0.05, 0) is 61.8 Å².